The molecule has 0 radical (unpaired) electrons. The number of hydrogen-bond donors (Lipinski definition) is 0. The summed E-state index contributed by atoms with van der Waals surface area (Å²) in [5, 5.41) is 0. The van der Waals surface area contributed by atoms with Crippen molar-refractivity contribution in [2.45, 2.75) is 56.6 Å². The minimum atomic E-state index is -0.451. The zero-order chi connectivity index (χ0) is 18.2. The second-order valence-corrected chi connectivity index (χ2v) is 8.81. The molecule has 0 unspecified atom stereocenters. The van der Waals surface area contributed by atoms with Crippen LogP contribution in [0.4, 0.5) is 4.79 Å². The first kappa shape index (κ1) is 18.1. The maximum absolute atomic E-state index is 12.3. The minimum absolute atomic E-state index is 0.0336. The molecule has 1 saturated heterocycles. The molecule has 2 heterocycles. The van der Waals surface area contributed by atoms with Crippen molar-refractivity contribution >= 4 is 28.9 Å². The molecule has 1 aliphatic heterocycles. The van der Waals surface area contributed by atoms with Gasteiger partial charge in [-0.25, -0.2) is 9.78 Å². The number of likely N-dealkylation sites (tertiary alicyclic amines) is 1. The van der Waals surface area contributed by atoms with E-state index < -0.39 is 5.60 Å². The summed E-state index contributed by atoms with van der Waals surface area (Å²) in [6.07, 6.45) is 5.59. The highest BCUT2D eigenvalue weighted by molar-refractivity contribution is 7.98. The zero-order valence-corrected chi connectivity index (χ0v) is 16.5. The maximum atomic E-state index is 12.3. The van der Waals surface area contributed by atoms with E-state index >= 15 is 0 Å². The monoisotopic (exact) mass is 361 g/mol. The molecular weight excluding hydrogens is 334 g/mol. The summed E-state index contributed by atoms with van der Waals surface area (Å²) < 4.78 is 7.77. The number of thioether (sulfide) groups is 1. The minimum Gasteiger partial charge on any atom is -0.444 e. The number of piperidine rings is 1. The highest BCUT2D eigenvalue weighted by Gasteiger charge is 2.35. The van der Waals surface area contributed by atoms with E-state index in [0.717, 1.165) is 23.9 Å². The van der Waals surface area contributed by atoms with Crippen LogP contribution in [0.25, 0.3) is 11.0 Å². The van der Waals surface area contributed by atoms with Gasteiger partial charge < -0.3 is 14.2 Å². The second kappa shape index (κ2) is 6.56. The average Bonchev–Trinajstić information content (AvgIpc) is 2.97. The number of aromatic nitrogens is 2. The van der Waals surface area contributed by atoms with E-state index in [4.69, 9.17) is 4.74 Å². The number of nitrogens with zero attached hydrogens (tertiary/aromatic N) is 3. The Hall–Kier alpha value is -1.69. The van der Waals surface area contributed by atoms with Gasteiger partial charge in [-0.1, -0.05) is 0 Å². The summed E-state index contributed by atoms with van der Waals surface area (Å²) in [4.78, 5) is 19.9. The Labute approximate surface area is 153 Å². The Balaban J connectivity index is 1.76. The van der Waals surface area contributed by atoms with Gasteiger partial charge in [0, 0.05) is 23.5 Å². The number of hydrogen-bond acceptors (Lipinski definition) is 4. The summed E-state index contributed by atoms with van der Waals surface area (Å²) in [7, 11) is 0. The lowest BCUT2D eigenvalue weighted by Crippen LogP contribution is -2.47. The van der Waals surface area contributed by atoms with Crippen molar-refractivity contribution in [3.8, 4) is 0 Å². The van der Waals surface area contributed by atoms with Crippen molar-refractivity contribution in [3.05, 3.63) is 24.5 Å². The third-order valence-electron chi connectivity index (χ3n) is 4.83. The normalized spacial score (nSPS) is 17.7. The van der Waals surface area contributed by atoms with E-state index in [1.165, 1.54) is 4.90 Å². The molecule has 6 heteroatoms. The molecule has 0 aliphatic carbocycles. The molecule has 0 N–H and O–H groups in total. The molecule has 2 aromatic rings. The second-order valence-electron chi connectivity index (χ2n) is 7.93. The van der Waals surface area contributed by atoms with E-state index in [1.54, 1.807) is 11.8 Å². The van der Waals surface area contributed by atoms with E-state index in [-0.39, 0.29) is 11.6 Å². The quantitative estimate of drug-likeness (QED) is 0.739. The first-order valence-corrected chi connectivity index (χ1v) is 9.94. The van der Waals surface area contributed by atoms with Gasteiger partial charge in [0.25, 0.3) is 0 Å². The van der Waals surface area contributed by atoms with Crippen LogP contribution in [0.3, 0.4) is 0 Å². The molecule has 0 saturated carbocycles. The maximum Gasteiger partial charge on any atom is 0.410 e. The number of carbonyl (C=O) groups excluding carboxylic acids is 1. The lowest BCUT2D eigenvalue weighted by molar-refractivity contribution is 0.0133. The summed E-state index contributed by atoms with van der Waals surface area (Å²) in [6, 6.07) is 6.43. The van der Waals surface area contributed by atoms with Crippen LogP contribution in [0.15, 0.2) is 29.4 Å². The SMILES string of the molecule is CSc1ccc2c(c1)ncn2C1(C)CCN(C(=O)OC(C)(C)C)CC1. The number of amides is 1. The first-order chi connectivity index (χ1) is 11.7. The molecule has 0 spiro atoms. The van der Waals surface area contributed by atoms with Crippen LogP contribution in [0.5, 0.6) is 0 Å². The fourth-order valence-electron chi connectivity index (χ4n) is 3.29. The van der Waals surface area contributed by atoms with Gasteiger partial charge in [0.1, 0.15) is 5.60 Å². The Bertz CT molecular complexity index is 771. The number of carbonyl (C=O) groups is 1. The standard InChI is InChI=1S/C19H27N3O2S/c1-18(2,3)24-17(23)21-10-8-19(4,9-11-21)22-13-20-15-12-14(25-5)6-7-16(15)22/h6-7,12-13H,8-11H2,1-5H3. The van der Waals surface area contributed by atoms with Gasteiger partial charge in [-0.05, 0) is 65.0 Å². The molecular formula is C19H27N3O2S. The zero-order valence-electron chi connectivity index (χ0n) is 15.7. The first-order valence-electron chi connectivity index (χ1n) is 8.71. The molecule has 1 fully saturated rings. The topological polar surface area (TPSA) is 47.4 Å². The number of benzene rings is 1. The summed E-state index contributed by atoms with van der Waals surface area (Å²) in [5.41, 5.74) is 1.70. The molecule has 0 atom stereocenters. The number of ether oxygens (including phenoxy) is 1. The lowest BCUT2D eigenvalue weighted by atomic mass is 9.89. The fourth-order valence-corrected chi connectivity index (χ4v) is 3.72. The number of rotatable bonds is 2. The van der Waals surface area contributed by atoms with Gasteiger partial charge in [0.2, 0.25) is 0 Å². The molecule has 136 valence electrons. The van der Waals surface area contributed by atoms with E-state index in [0.29, 0.717) is 13.1 Å². The van der Waals surface area contributed by atoms with Crippen LogP contribution in [0, 0.1) is 0 Å². The van der Waals surface area contributed by atoms with E-state index in [1.807, 2.05) is 32.0 Å². The Morgan fingerprint density at radius 3 is 2.56 bits per heavy atom. The van der Waals surface area contributed by atoms with Crippen LogP contribution in [0.2, 0.25) is 0 Å². The third kappa shape index (κ3) is 3.78. The van der Waals surface area contributed by atoms with Gasteiger partial charge in [-0.3, -0.25) is 0 Å². The summed E-state index contributed by atoms with van der Waals surface area (Å²) in [5.74, 6) is 0. The third-order valence-corrected chi connectivity index (χ3v) is 5.55. The van der Waals surface area contributed by atoms with Crippen LogP contribution in [0.1, 0.15) is 40.5 Å². The summed E-state index contributed by atoms with van der Waals surface area (Å²) >= 11 is 1.73. The lowest BCUT2D eigenvalue weighted by Gasteiger charge is -2.40. The van der Waals surface area contributed by atoms with E-state index in [2.05, 4.69) is 40.9 Å². The van der Waals surface area contributed by atoms with Crippen molar-refractivity contribution in [1.82, 2.24) is 14.5 Å². The highest BCUT2D eigenvalue weighted by atomic mass is 32.2. The molecule has 1 amide bonds. The van der Waals surface area contributed by atoms with Gasteiger partial charge in [-0.2, -0.15) is 0 Å². The summed E-state index contributed by atoms with van der Waals surface area (Å²) in [6.45, 7) is 9.36. The molecule has 5 nitrogen and oxygen atoms in total. The molecule has 1 aliphatic rings. The van der Waals surface area contributed by atoms with E-state index in [9.17, 15) is 4.79 Å². The number of imidazole rings is 1. The molecule has 3 rings (SSSR count). The number of fused-ring (bicyclic) bond motifs is 1. The smallest absolute Gasteiger partial charge is 0.410 e. The highest BCUT2D eigenvalue weighted by Crippen LogP contribution is 2.34. The van der Waals surface area contributed by atoms with Crippen molar-refractivity contribution in [2.75, 3.05) is 19.3 Å². The largest absolute Gasteiger partial charge is 0.444 e. The Morgan fingerprint density at radius 1 is 1.28 bits per heavy atom. The van der Waals surface area contributed by atoms with Gasteiger partial charge in [0.15, 0.2) is 0 Å². The van der Waals surface area contributed by atoms with Gasteiger partial charge in [0.05, 0.1) is 17.4 Å². The molecule has 1 aromatic carbocycles. The van der Waals surface area contributed by atoms with Crippen molar-refractivity contribution in [3.63, 3.8) is 0 Å². The fraction of sp³-hybridized carbons (Fsp3) is 0.579. The van der Waals surface area contributed by atoms with Gasteiger partial charge in [-0.15, -0.1) is 11.8 Å². The predicted molar refractivity (Wildman–Crippen MR) is 102 cm³/mol. The van der Waals surface area contributed by atoms with Crippen LogP contribution in [-0.2, 0) is 10.3 Å². The van der Waals surface area contributed by atoms with Crippen molar-refractivity contribution in [1.29, 1.82) is 0 Å². The van der Waals surface area contributed by atoms with Crippen LogP contribution < -0.4 is 0 Å². The Kier molecular flexibility index (Phi) is 4.75. The van der Waals surface area contributed by atoms with Crippen LogP contribution in [-0.4, -0.2) is 45.5 Å². The average molecular weight is 362 g/mol. The van der Waals surface area contributed by atoms with Crippen LogP contribution >= 0.6 is 11.8 Å². The van der Waals surface area contributed by atoms with Crippen molar-refractivity contribution < 1.29 is 9.53 Å². The molecule has 25 heavy (non-hydrogen) atoms. The predicted octanol–water partition coefficient (Wildman–Crippen LogP) is 4.50. The van der Waals surface area contributed by atoms with Crippen molar-refractivity contribution in [2.24, 2.45) is 0 Å². The van der Waals surface area contributed by atoms with Gasteiger partial charge >= 0.3 is 6.09 Å². The Morgan fingerprint density at radius 2 is 1.96 bits per heavy atom. The molecule has 0 bridgehead atoms. The molecule has 1 aromatic heterocycles.